The normalized spacial score (nSPS) is 16.8. The average molecular weight is 268 g/mol. The zero-order chi connectivity index (χ0) is 13.1. The fourth-order valence-corrected chi connectivity index (χ4v) is 7.68. The van der Waals surface area contributed by atoms with Crippen molar-refractivity contribution in [2.75, 3.05) is 5.75 Å². The molecule has 1 atom stereocenters. The van der Waals surface area contributed by atoms with Gasteiger partial charge in [0, 0.05) is 0 Å². The van der Waals surface area contributed by atoms with Crippen LogP contribution >= 0.6 is 7.14 Å². The van der Waals surface area contributed by atoms with Gasteiger partial charge in [-0.1, -0.05) is 0 Å². The maximum atomic E-state index is 10.8. The van der Waals surface area contributed by atoms with E-state index in [9.17, 15) is 8.42 Å². The van der Waals surface area contributed by atoms with Crippen LogP contribution in [0.4, 0.5) is 0 Å². The van der Waals surface area contributed by atoms with E-state index in [0.29, 0.717) is 23.4 Å². The summed E-state index contributed by atoms with van der Waals surface area (Å²) in [6.45, 7) is 11.1. The van der Waals surface area contributed by atoms with Crippen molar-refractivity contribution in [2.24, 2.45) is 0 Å². The summed E-state index contributed by atoms with van der Waals surface area (Å²) in [4.78, 5) is 0. The molecule has 0 heterocycles. The van der Waals surface area contributed by atoms with Crippen LogP contribution in [0.5, 0.6) is 0 Å². The topological polar surface area (TPSA) is 54.4 Å². The van der Waals surface area contributed by atoms with Crippen LogP contribution in [-0.2, 0) is 10.1 Å². The van der Waals surface area contributed by atoms with Crippen molar-refractivity contribution in [1.82, 2.24) is 0 Å². The zero-order valence-electron chi connectivity index (χ0n) is 11.3. The molecular formula is C10H26BO3PS. The van der Waals surface area contributed by atoms with Crippen molar-refractivity contribution in [3.8, 4) is 0 Å². The van der Waals surface area contributed by atoms with Gasteiger partial charge in [0.15, 0.2) is 0 Å². The summed E-state index contributed by atoms with van der Waals surface area (Å²) in [5, 5.41) is 0. The molecule has 0 saturated carbocycles. The van der Waals surface area contributed by atoms with Gasteiger partial charge in [-0.05, 0) is 0 Å². The molecule has 0 aliphatic rings. The van der Waals surface area contributed by atoms with E-state index in [-0.39, 0.29) is 5.75 Å². The van der Waals surface area contributed by atoms with Crippen LogP contribution in [0.15, 0.2) is 0 Å². The van der Waals surface area contributed by atoms with Gasteiger partial charge in [0.05, 0.1) is 0 Å². The van der Waals surface area contributed by atoms with Crippen LogP contribution in [0.1, 0.15) is 41.0 Å². The first-order valence-corrected chi connectivity index (χ1v) is 10.3. The SMILES string of the molecule is B[PH](C(C)C)(C(C)C)C(C)CCS(=O)(=O)O. The van der Waals surface area contributed by atoms with Crippen molar-refractivity contribution >= 4 is 24.8 Å². The van der Waals surface area contributed by atoms with E-state index in [1.807, 2.05) is 0 Å². The Kier molecular flexibility index (Phi) is 5.98. The monoisotopic (exact) mass is 268 g/mol. The Morgan fingerprint density at radius 1 is 1.12 bits per heavy atom. The summed E-state index contributed by atoms with van der Waals surface area (Å²) in [7, 11) is -2.95. The van der Waals surface area contributed by atoms with Gasteiger partial charge in [-0.3, -0.25) is 0 Å². The molecule has 0 aromatic carbocycles. The zero-order valence-corrected chi connectivity index (χ0v) is 13.1. The van der Waals surface area contributed by atoms with Crippen molar-refractivity contribution in [3.05, 3.63) is 0 Å². The van der Waals surface area contributed by atoms with E-state index in [4.69, 9.17) is 4.55 Å². The van der Waals surface area contributed by atoms with Gasteiger partial charge in [-0.25, -0.2) is 0 Å². The Bertz CT molecular complexity index is 306. The molecule has 6 heteroatoms. The predicted octanol–water partition coefficient (Wildman–Crippen LogP) is 1.77. The Labute approximate surface area is 102 Å². The minimum absolute atomic E-state index is 0.101. The molecule has 1 unspecified atom stereocenters. The summed E-state index contributed by atoms with van der Waals surface area (Å²) in [5.74, 6) is -0.101. The first-order valence-electron chi connectivity index (χ1n) is 5.97. The van der Waals surface area contributed by atoms with Gasteiger partial charge in [0.1, 0.15) is 0 Å². The molecule has 0 radical (unpaired) electrons. The number of rotatable bonds is 6. The van der Waals surface area contributed by atoms with Crippen LogP contribution in [0.2, 0.25) is 0 Å². The second kappa shape index (κ2) is 5.84. The quantitative estimate of drug-likeness (QED) is 0.454. The van der Waals surface area contributed by atoms with Crippen LogP contribution in [0.3, 0.4) is 0 Å². The van der Waals surface area contributed by atoms with Crippen LogP contribution in [0.25, 0.3) is 0 Å². The van der Waals surface area contributed by atoms with Gasteiger partial charge in [0.2, 0.25) is 0 Å². The van der Waals surface area contributed by atoms with E-state index in [0.717, 1.165) is 0 Å². The van der Waals surface area contributed by atoms with Gasteiger partial charge in [-0.15, -0.1) is 0 Å². The Hall–Kier alpha value is 0.405. The summed E-state index contributed by atoms with van der Waals surface area (Å²) in [5.41, 5.74) is 1.67. The molecule has 3 nitrogen and oxygen atoms in total. The average Bonchev–Trinajstić information content (AvgIpc) is 2.10. The molecule has 98 valence electrons. The van der Waals surface area contributed by atoms with Gasteiger partial charge < -0.3 is 0 Å². The van der Waals surface area contributed by atoms with Crippen molar-refractivity contribution in [1.29, 1.82) is 0 Å². The van der Waals surface area contributed by atoms with Crippen molar-refractivity contribution in [3.63, 3.8) is 0 Å². The summed E-state index contributed by atoms with van der Waals surface area (Å²) in [6.07, 6.45) is 0.581. The van der Waals surface area contributed by atoms with Crippen LogP contribution in [-0.4, -0.2) is 43.3 Å². The Balaban J connectivity index is 4.72. The third kappa shape index (κ3) is 4.35. The molecule has 1 N–H and O–H groups in total. The third-order valence-corrected chi connectivity index (χ3v) is 12.5. The number of hydrogen-bond donors (Lipinski definition) is 1. The molecule has 16 heavy (non-hydrogen) atoms. The van der Waals surface area contributed by atoms with Gasteiger partial charge in [-0.2, -0.15) is 0 Å². The van der Waals surface area contributed by atoms with Gasteiger partial charge >= 0.3 is 102 Å². The molecule has 0 spiro atoms. The molecule has 0 aliphatic heterocycles. The molecule has 0 saturated heterocycles. The van der Waals surface area contributed by atoms with Crippen molar-refractivity contribution < 1.29 is 13.0 Å². The molecular weight excluding hydrogens is 242 g/mol. The Morgan fingerprint density at radius 2 is 1.50 bits per heavy atom. The van der Waals surface area contributed by atoms with E-state index >= 15 is 0 Å². The second-order valence-corrected chi connectivity index (χ2v) is 13.3. The predicted molar refractivity (Wildman–Crippen MR) is 77.6 cm³/mol. The van der Waals surface area contributed by atoms with E-state index < -0.39 is 17.3 Å². The van der Waals surface area contributed by atoms with Gasteiger partial charge in [0.25, 0.3) is 0 Å². The molecule has 0 rings (SSSR count). The van der Waals surface area contributed by atoms with E-state index in [1.54, 1.807) is 0 Å². The molecule has 0 bridgehead atoms. The first-order chi connectivity index (χ1) is 7.01. The summed E-state index contributed by atoms with van der Waals surface area (Å²) < 4.78 is 30.3. The van der Waals surface area contributed by atoms with Crippen molar-refractivity contribution in [2.45, 2.75) is 58.0 Å². The fourth-order valence-electron chi connectivity index (χ4n) is 2.44. The van der Waals surface area contributed by atoms with E-state index in [1.165, 1.54) is 0 Å². The minimum atomic E-state index is -3.81. The molecule has 0 aliphatic carbocycles. The molecule has 0 amide bonds. The summed E-state index contributed by atoms with van der Waals surface area (Å²) in [6, 6.07) is 0. The number of hydrogen-bond acceptors (Lipinski definition) is 2. The molecule has 0 aromatic rings. The third-order valence-electron chi connectivity index (χ3n) is 4.36. The second-order valence-electron chi connectivity index (χ2n) is 5.65. The van der Waals surface area contributed by atoms with Crippen LogP contribution in [0, 0.1) is 0 Å². The summed E-state index contributed by atoms with van der Waals surface area (Å²) >= 11 is 0. The maximum absolute atomic E-state index is 10.8. The fraction of sp³-hybridized carbons (Fsp3) is 1.00. The Morgan fingerprint density at radius 3 is 1.75 bits per heavy atom. The first kappa shape index (κ1) is 16.4. The molecule has 0 fully saturated rings. The molecule has 0 aromatic heterocycles. The standard InChI is InChI=1S/C10H26BO3PS/c1-8(2)15(11,9(3)4)10(5)6-7-16(12,13)14/h8-10,15H,6-7,11H2,1-5H3,(H,12,13,14). The van der Waals surface area contributed by atoms with Crippen LogP contribution < -0.4 is 0 Å². The van der Waals surface area contributed by atoms with E-state index in [2.05, 4.69) is 42.2 Å².